The molecule has 1 aliphatic heterocycles. The average Bonchev–Trinajstić information content (AvgIpc) is 3.25. The topological polar surface area (TPSA) is 90.0 Å². The number of aromatic nitrogens is 4. The van der Waals surface area contributed by atoms with Crippen LogP contribution in [-0.2, 0) is 4.74 Å². The lowest BCUT2D eigenvalue weighted by atomic mass is 10.1. The van der Waals surface area contributed by atoms with Gasteiger partial charge in [-0.1, -0.05) is 5.16 Å². The number of rotatable bonds is 3. The van der Waals surface area contributed by atoms with Crippen molar-refractivity contribution in [3.8, 4) is 23.0 Å². The van der Waals surface area contributed by atoms with E-state index >= 15 is 0 Å². The smallest absolute Gasteiger partial charge is 0.275 e. The molecule has 1 fully saturated rings. The molecule has 21 heavy (non-hydrogen) atoms. The molecule has 7 heteroatoms. The van der Waals surface area contributed by atoms with Crippen LogP contribution in [0.25, 0.3) is 23.0 Å². The van der Waals surface area contributed by atoms with Crippen molar-refractivity contribution in [2.45, 2.75) is 19.3 Å². The molecule has 1 saturated heterocycles. The molecule has 108 valence electrons. The normalized spacial score (nSPS) is 18.4. The van der Waals surface area contributed by atoms with Crippen molar-refractivity contribution in [2.75, 3.05) is 13.2 Å². The molecule has 4 rings (SSSR count). The van der Waals surface area contributed by atoms with Gasteiger partial charge in [-0.2, -0.15) is 10.1 Å². The Hall–Kier alpha value is -2.41. The lowest BCUT2D eigenvalue weighted by Crippen LogP contribution is -1.99. The highest BCUT2D eigenvalue weighted by Gasteiger charge is 2.24. The van der Waals surface area contributed by atoms with Crippen LogP contribution in [0.2, 0.25) is 0 Å². The van der Waals surface area contributed by atoms with Crippen LogP contribution < -0.4 is 0 Å². The van der Waals surface area contributed by atoms with Crippen LogP contribution in [0.15, 0.2) is 27.1 Å². The minimum atomic E-state index is 0.220. The zero-order valence-corrected chi connectivity index (χ0v) is 11.5. The Morgan fingerprint density at radius 1 is 1.33 bits per heavy atom. The van der Waals surface area contributed by atoms with Gasteiger partial charge in [0.1, 0.15) is 17.1 Å². The summed E-state index contributed by atoms with van der Waals surface area (Å²) in [5.74, 6) is 2.89. The summed E-state index contributed by atoms with van der Waals surface area (Å²) < 4.78 is 16.2. The largest absolute Gasteiger partial charge is 0.460 e. The Morgan fingerprint density at radius 3 is 3.05 bits per heavy atom. The zero-order chi connectivity index (χ0) is 14.2. The Balaban J connectivity index is 1.60. The lowest BCUT2D eigenvalue weighted by Gasteiger charge is -1.97. The van der Waals surface area contributed by atoms with Crippen molar-refractivity contribution in [3.63, 3.8) is 0 Å². The molecule has 0 aliphatic carbocycles. The van der Waals surface area contributed by atoms with Gasteiger partial charge in [0.15, 0.2) is 11.6 Å². The summed E-state index contributed by atoms with van der Waals surface area (Å²) in [7, 11) is 0. The molecule has 0 bridgehead atoms. The average molecular weight is 286 g/mol. The maximum atomic E-state index is 5.54. The number of aromatic amines is 1. The number of aryl methyl sites for hydroxylation is 1. The molecule has 4 heterocycles. The molecular formula is C14H14N4O3. The predicted octanol–water partition coefficient (Wildman–Crippen LogP) is 2.53. The van der Waals surface area contributed by atoms with Gasteiger partial charge in [0.25, 0.3) is 5.89 Å². The van der Waals surface area contributed by atoms with Crippen LogP contribution in [0.4, 0.5) is 0 Å². The van der Waals surface area contributed by atoms with E-state index in [4.69, 9.17) is 13.7 Å². The minimum absolute atomic E-state index is 0.220. The lowest BCUT2D eigenvalue weighted by molar-refractivity contribution is 0.192. The van der Waals surface area contributed by atoms with Crippen molar-refractivity contribution in [1.29, 1.82) is 0 Å². The van der Waals surface area contributed by atoms with E-state index in [0.717, 1.165) is 18.8 Å². The molecule has 1 N–H and O–H groups in total. The maximum absolute atomic E-state index is 5.54. The van der Waals surface area contributed by atoms with Crippen LogP contribution >= 0.6 is 0 Å². The fourth-order valence-electron chi connectivity index (χ4n) is 2.38. The molecule has 0 aromatic carbocycles. The van der Waals surface area contributed by atoms with E-state index in [2.05, 4.69) is 20.3 Å². The summed E-state index contributed by atoms with van der Waals surface area (Å²) in [5, 5.41) is 11.1. The molecule has 1 unspecified atom stereocenters. The number of nitrogens with zero attached hydrogens (tertiary/aromatic N) is 3. The molecule has 0 radical (unpaired) electrons. The van der Waals surface area contributed by atoms with Crippen LogP contribution in [0.1, 0.15) is 23.9 Å². The van der Waals surface area contributed by atoms with Crippen LogP contribution in [0.3, 0.4) is 0 Å². The van der Waals surface area contributed by atoms with Crippen LogP contribution in [-0.4, -0.2) is 33.6 Å². The van der Waals surface area contributed by atoms with Crippen molar-refractivity contribution >= 4 is 0 Å². The van der Waals surface area contributed by atoms with E-state index < -0.39 is 0 Å². The molecular weight excluding hydrogens is 272 g/mol. The number of hydrogen-bond acceptors (Lipinski definition) is 6. The molecule has 0 amide bonds. The van der Waals surface area contributed by atoms with Gasteiger partial charge in [0.05, 0.1) is 6.61 Å². The first-order valence-electron chi connectivity index (χ1n) is 6.83. The predicted molar refractivity (Wildman–Crippen MR) is 72.5 cm³/mol. The number of hydrogen-bond donors (Lipinski definition) is 1. The first-order chi connectivity index (χ1) is 10.3. The molecule has 1 atom stereocenters. The zero-order valence-electron chi connectivity index (χ0n) is 11.5. The summed E-state index contributed by atoms with van der Waals surface area (Å²) in [6.45, 7) is 3.30. The Bertz CT molecular complexity index is 752. The Labute approximate surface area is 120 Å². The highest BCUT2D eigenvalue weighted by molar-refractivity contribution is 5.60. The fourth-order valence-corrected chi connectivity index (χ4v) is 2.38. The molecule has 1 aliphatic rings. The molecule has 0 spiro atoms. The van der Waals surface area contributed by atoms with Gasteiger partial charge in [-0.3, -0.25) is 5.10 Å². The van der Waals surface area contributed by atoms with E-state index in [1.165, 1.54) is 0 Å². The van der Waals surface area contributed by atoms with Crippen LogP contribution in [0, 0.1) is 6.92 Å². The SMILES string of the molecule is Cc1ccc(-c2cc(-c3nc(C4CCOC4)no3)[nH]n2)o1. The second-order valence-corrected chi connectivity index (χ2v) is 5.10. The Kier molecular flexibility index (Phi) is 2.85. The van der Waals surface area contributed by atoms with E-state index in [1.807, 2.05) is 25.1 Å². The molecule has 3 aromatic heterocycles. The van der Waals surface area contributed by atoms with E-state index in [-0.39, 0.29) is 5.92 Å². The van der Waals surface area contributed by atoms with Gasteiger partial charge >= 0.3 is 0 Å². The monoisotopic (exact) mass is 286 g/mol. The van der Waals surface area contributed by atoms with Crippen molar-refractivity contribution in [1.82, 2.24) is 20.3 Å². The fraction of sp³-hybridized carbons (Fsp3) is 0.357. The van der Waals surface area contributed by atoms with Gasteiger partial charge in [-0.25, -0.2) is 0 Å². The van der Waals surface area contributed by atoms with E-state index in [1.54, 1.807) is 0 Å². The number of ether oxygens (including phenoxy) is 1. The summed E-state index contributed by atoms with van der Waals surface area (Å²) in [6, 6.07) is 5.61. The van der Waals surface area contributed by atoms with Gasteiger partial charge in [-0.15, -0.1) is 0 Å². The third-order valence-corrected chi connectivity index (χ3v) is 3.54. The summed E-state index contributed by atoms with van der Waals surface area (Å²) in [4.78, 5) is 4.42. The minimum Gasteiger partial charge on any atom is -0.460 e. The van der Waals surface area contributed by atoms with Crippen molar-refractivity contribution in [3.05, 3.63) is 29.8 Å². The van der Waals surface area contributed by atoms with Gasteiger partial charge in [-0.05, 0) is 25.5 Å². The third kappa shape index (κ3) is 2.25. The van der Waals surface area contributed by atoms with E-state index in [0.29, 0.717) is 35.5 Å². The summed E-state index contributed by atoms with van der Waals surface area (Å²) in [5.41, 5.74) is 1.39. The maximum Gasteiger partial charge on any atom is 0.275 e. The van der Waals surface area contributed by atoms with Gasteiger partial charge in [0.2, 0.25) is 0 Å². The summed E-state index contributed by atoms with van der Waals surface area (Å²) >= 11 is 0. The highest BCUT2D eigenvalue weighted by Crippen LogP contribution is 2.27. The Morgan fingerprint density at radius 2 is 2.29 bits per heavy atom. The first kappa shape index (κ1) is 12.3. The number of furan rings is 1. The first-order valence-corrected chi connectivity index (χ1v) is 6.83. The van der Waals surface area contributed by atoms with Gasteiger partial charge in [0, 0.05) is 18.6 Å². The second-order valence-electron chi connectivity index (χ2n) is 5.10. The summed E-state index contributed by atoms with van der Waals surface area (Å²) in [6.07, 6.45) is 0.929. The molecule has 3 aromatic rings. The molecule has 0 saturated carbocycles. The van der Waals surface area contributed by atoms with Crippen LogP contribution in [0.5, 0.6) is 0 Å². The van der Waals surface area contributed by atoms with Crippen molar-refractivity contribution < 1.29 is 13.7 Å². The molecule has 7 nitrogen and oxygen atoms in total. The highest BCUT2D eigenvalue weighted by atomic mass is 16.5. The second kappa shape index (κ2) is 4.85. The van der Waals surface area contributed by atoms with Crippen molar-refractivity contribution in [2.24, 2.45) is 0 Å². The quantitative estimate of drug-likeness (QED) is 0.795. The standard InChI is InChI=1S/C14H14N4O3/c1-8-2-3-12(20-8)10-6-11(17-16-10)14-15-13(18-21-14)9-4-5-19-7-9/h2-3,6,9H,4-5,7H2,1H3,(H,16,17). The number of nitrogens with one attached hydrogen (secondary N) is 1. The third-order valence-electron chi connectivity index (χ3n) is 3.54. The van der Waals surface area contributed by atoms with Gasteiger partial charge < -0.3 is 13.7 Å². The number of H-pyrrole nitrogens is 1. The van der Waals surface area contributed by atoms with E-state index in [9.17, 15) is 0 Å².